The van der Waals surface area contributed by atoms with Gasteiger partial charge in [-0.05, 0) is 60.8 Å². The number of benzene rings is 2. The zero-order valence-electron chi connectivity index (χ0n) is 15.5. The molecular formula is C20H24FNO4. The summed E-state index contributed by atoms with van der Waals surface area (Å²) in [6.45, 7) is 3.09. The van der Waals surface area contributed by atoms with Crippen molar-refractivity contribution in [2.75, 3.05) is 27.9 Å². The minimum absolute atomic E-state index is 0.230. The number of hydrogen-bond donors (Lipinski definition) is 1. The molecule has 0 radical (unpaired) electrons. The van der Waals surface area contributed by atoms with Crippen LogP contribution in [0.4, 0.5) is 4.39 Å². The molecule has 2 aromatic rings. The highest BCUT2D eigenvalue weighted by molar-refractivity contribution is 5.93. The Labute approximate surface area is 153 Å². The third-order valence-corrected chi connectivity index (χ3v) is 4.01. The molecule has 0 saturated heterocycles. The fourth-order valence-corrected chi connectivity index (χ4v) is 2.80. The highest BCUT2D eigenvalue weighted by atomic mass is 19.1. The molecule has 5 nitrogen and oxygen atoms in total. The molecule has 0 aliphatic carbocycles. The van der Waals surface area contributed by atoms with Gasteiger partial charge < -0.3 is 19.5 Å². The Kier molecular flexibility index (Phi) is 6.97. The van der Waals surface area contributed by atoms with Gasteiger partial charge in [0.15, 0.2) is 0 Å². The molecule has 140 valence electrons. The van der Waals surface area contributed by atoms with Crippen molar-refractivity contribution in [3.63, 3.8) is 0 Å². The number of ether oxygens (including phenoxy) is 3. The van der Waals surface area contributed by atoms with Gasteiger partial charge in [-0.25, -0.2) is 9.18 Å². The Hall–Kier alpha value is -2.60. The van der Waals surface area contributed by atoms with E-state index in [0.29, 0.717) is 36.6 Å². The number of nitrogens with one attached hydrogen (secondary N) is 1. The zero-order valence-corrected chi connectivity index (χ0v) is 15.5. The lowest BCUT2D eigenvalue weighted by Gasteiger charge is -2.14. The fraction of sp³-hybridized carbons (Fsp3) is 0.350. The molecule has 0 bridgehead atoms. The standard InChI is InChI=1S/C20H24FNO4/c1-13-7-14(9-16(21)8-13)12-22-6-5-15-10-19(25-3)17(20(23)26-4)11-18(15)24-2/h7-11,22H,5-6,12H2,1-4H3. The summed E-state index contributed by atoms with van der Waals surface area (Å²) < 4.78 is 28.9. The highest BCUT2D eigenvalue weighted by Gasteiger charge is 2.17. The van der Waals surface area contributed by atoms with Crippen LogP contribution in [0.15, 0.2) is 30.3 Å². The predicted octanol–water partition coefficient (Wildman–Crippen LogP) is 3.27. The largest absolute Gasteiger partial charge is 0.496 e. The molecule has 0 unspecified atom stereocenters. The fourth-order valence-electron chi connectivity index (χ4n) is 2.80. The van der Waals surface area contributed by atoms with Crippen molar-refractivity contribution >= 4 is 5.97 Å². The predicted molar refractivity (Wildman–Crippen MR) is 97.4 cm³/mol. The first-order chi connectivity index (χ1) is 12.5. The average Bonchev–Trinajstić information content (AvgIpc) is 2.63. The number of methoxy groups -OCH3 is 3. The summed E-state index contributed by atoms with van der Waals surface area (Å²) in [4.78, 5) is 11.8. The molecule has 1 N–H and O–H groups in total. The quantitative estimate of drug-likeness (QED) is 0.578. The van der Waals surface area contributed by atoms with E-state index in [4.69, 9.17) is 14.2 Å². The first kappa shape index (κ1) is 19.7. The molecule has 26 heavy (non-hydrogen) atoms. The van der Waals surface area contributed by atoms with Gasteiger partial charge in [0.05, 0.1) is 21.3 Å². The van der Waals surface area contributed by atoms with Crippen LogP contribution in [0.25, 0.3) is 0 Å². The molecular weight excluding hydrogens is 337 g/mol. The Morgan fingerprint density at radius 1 is 1.04 bits per heavy atom. The van der Waals surface area contributed by atoms with E-state index in [0.717, 1.165) is 16.7 Å². The van der Waals surface area contributed by atoms with Crippen molar-refractivity contribution in [3.8, 4) is 11.5 Å². The van der Waals surface area contributed by atoms with Crippen molar-refractivity contribution < 1.29 is 23.4 Å². The van der Waals surface area contributed by atoms with Crippen LogP contribution < -0.4 is 14.8 Å². The van der Waals surface area contributed by atoms with Crippen molar-refractivity contribution in [1.82, 2.24) is 5.32 Å². The second-order valence-corrected chi connectivity index (χ2v) is 5.92. The number of aryl methyl sites for hydroxylation is 1. The van der Waals surface area contributed by atoms with E-state index in [1.165, 1.54) is 26.4 Å². The molecule has 6 heteroatoms. The molecule has 0 amide bonds. The average molecular weight is 361 g/mol. The number of carbonyl (C=O) groups excluding carboxylic acids is 1. The first-order valence-electron chi connectivity index (χ1n) is 8.28. The third kappa shape index (κ3) is 4.95. The van der Waals surface area contributed by atoms with Crippen molar-refractivity contribution in [1.29, 1.82) is 0 Å². The van der Waals surface area contributed by atoms with E-state index in [-0.39, 0.29) is 5.82 Å². The van der Waals surface area contributed by atoms with Gasteiger partial charge in [0.1, 0.15) is 22.9 Å². The summed E-state index contributed by atoms with van der Waals surface area (Å²) in [5.74, 6) is 0.320. The SMILES string of the molecule is COC(=O)c1cc(OC)c(CCNCc2cc(C)cc(F)c2)cc1OC. The van der Waals surface area contributed by atoms with E-state index < -0.39 is 5.97 Å². The normalized spacial score (nSPS) is 10.5. The molecule has 0 aliphatic rings. The van der Waals surface area contributed by atoms with E-state index in [1.54, 1.807) is 19.2 Å². The van der Waals surface area contributed by atoms with Gasteiger partial charge in [0, 0.05) is 6.54 Å². The summed E-state index contributed by atoms with van der Waals surface area (Å²) in [5, 5.41) is 3.29. The molecule has 2 rings (SSSR count). The smallest absolute Gasteiger partial charge is 0.341 e. The number of carbonyl (C=O) groups is 1. The van der Waals surface area contributed by atoms with Gasteiger partial charge in [-0.15, -0.1) is 0 Å². The molecule has 0 aromatic heterocycles. The lowest BCUT2D eigenvalue weighted by atomic mass is 10.1. The molecule has 0 heterocycles. The van der Waals surface area contributed by atoms with Gasteiger partial charge in [-0.1, -0.05) is 6.07 Å². The van der Waals surface area contributed by atoms with Crippen LogP contribution in [0, 0.1) is 12.7 Å². The van der Waals surface area contributed by atoms with Crippen LogP contribution in [-0.2, 0) is 17.7 Å². The summed E-state index contributed by atoms with van der Waals surface area (Å²) in [5.41, 5.74) is 3.01. The minimum Gasteiger partial charge on any atom is -0.496 e. The summed E-state index contributed by atoms with van der Waals surface area (Å²) in [7, 11) is 4.37. The topological polar surface area (TPSA) is 56.8 Å². The van der Waals surface area contributed by atoms with Crippen molar-refractivity contribution in [2.24, 2.45) is 0 Å². The number of halogens is 1. The highest BCUT2D eigenvalue weighted by Crippen LogP contribution is 2.29. The van der Waals surface area contributed by atoms with Crippen molar-refractivity contribution in [3.05, 3.63) is 58.4 Å². The first-order valence-corrected chi connectivity index (χ1v) is 8.28. The molecule has 0 spiro atoms. The molecule has 0 atom stereocenters. The number of rotatable bonds is 8. The van der Waals surface area contributed by atoms with Gasteiger partial charge in [0.25, 0.3) is 0 Å². The van der Waals surface area contributed by atoms with Crippen LogP contribution in [0.2, 0.25) is 0 Å². The third-order valence-electron chi connectivity index (χ3n) is 4.01. The summed E-state index contributed by atoms with van der Waals surface area (Å²) in [6, 6.07) is 8.37. The van der Waals surface area contributed by atoms with Crippen molar-refractivity contribution in [2.45, 2.75) is 19.9 Å². The Balaban J connectivity index is 2.05. The van der Waals surface area contributed by atoms with Crippen LogP contribution in [0.5, 0.6) is 11.5 Å². The van der Waals surface area contributed by atoms with Gasteiger partial charge >= 0.3 is 5.97 Å². The van der Waals surface area contributed by atoms with Gasteiger partial charge in [0.2, 0.25) is 0 Å². The minimum atomic E-state index is -0.480. The Morgan fingerprint density at radius 2 is 1.77 bits per heavy atom. The molecule has 0 saturated carbocycles. The van der Waals surface area contributed by atoms with Crippen LogP contribution >= 0.6 is 0 Å². The number of esters is 1. The maximum absolute atomic E-state index is 13.4. The van der Waals surface area contributed by atoms with E-state index >= 15 is 0 Å². The molecule has 0 fully saturated rings. The van der Waals surface area contributed by atoms with E-state index in [1.807, 2.05) is 13.0 Å². The lowest BCUT2D eigenvalue weighted by molar-refractivity contribution is 0.0596. The molecule has 0 aliphatic heterocycles. The van der Waals surface area contributed by atoms with Gasteiger partial charge in [-0.3, -0.25) is 0 Å². The summed E-state index contributed by atoms with van der Waals surface area (Å²) in [6.07, 6.45) is 0.662. The second kappa shape index (κ2) is 9.20. The Morgan fingerprint density at radius 3 is 2.38 bits per heavy atom. The van der Waals surface area contributed by atoms with Crippen LogP contribution in [0.3, 0.4) is 0 Å². The molecule has 2 aromatic carbocycles. The van der Waals surface area contributed by atoms with Crippen LogP contribution in [-0.4, -0.2) is 33.8 Å². The van der Waals surface area contributed by atoms with E-state index in [2.05, 4.69) is 5.32 Å². The number of hydrogen-bond acceptors (Lipinski definition) is 5. The zero-order chi connectivity index (χ0) is 19.1. The Bertz CT molecular complexity index is 756. The summed E-state index contributed by atoms with van der Waals surface area (Å²) >= 11 is 0. The lowest BCUT2D eigenvalue weighted by Crippen LogP contribution is -2.17. The van der Waals surface area contributed by atoms with E-state index in [9.17, 15) is 9.18 Å². The van der Waals surface area contributed by atoms with Crippen LogP contribution in [0.1, 0.15) is 27.0 Å². The van der Waals surface area contributed by atoms with Gasteiger partial charge in [-0.2, -0.15) is 0 Å². The monoisotopic (exact) mass is 361 g/mol. The maximum Gasteiger partial charge on any atom is 0.341 e. The maximum atomic E-state index is 13.4. The second-order valence-electron chi connectivity index (χ2n) is 5.92.